The van der Waals surface area contributed by atoms with Gasteiger partial charge in [0.2, 0.25) is 0 Å². The third-order valence-electron chi connectivity index (χ3n) is 1.95. The van der Waals surface area contributed by atoms with Crippen molar-refractivity contribution in [2.45, 2.75) is 24.9 Å². The molecule has 0 atom stereocenters. The summed E-state index contributed by atoms with van der Waals surface area (Å²) < 4.78 is 13.1. The SMILES string of the molecule is C#CC(=O)NCC1(F)CCC1. The molecule has 60 valence electrons. The second-order valence-corrected chi connectivity index (χ2v) is 2.83. The highest BCUT2D eigenvalue weighted by Crippen LogP contribution is 2.34. The van der Waals surface area contributed by atoms with Gasteiger partial charge in [0.15, 0.2) is 0 Å². The van der Waals surface area contributed by atoms with Crippen molar-refractivity contribution in [1.82, 2.24) is 5.32 Å². The Morgan fingerprint density at radius 2 is 2.36 bits per heavy atom. The van der Waals surface area contributed by atoms with Gasteiger partial charge < -0.3 is 5.32 Å². The van der Waals surface area contributed by atoms with E-state index in [1.165, 1.54) is 0 Å². The standard InChI is InChI=1S/C8H10FNO/c1-2-7(11)10-6-8(9)4-3-5-8/h1H,3-6H2,(H,10,11). The number of terminal acetylenes is 1. The summed E-state index contributed by atoms with van der Waals surface area (Å²) in [7, 11) is 0. The molecule has 2 nitrogen and oxygen atoms in total. The van der Waals surface area contributed by atoms with Crippen LogP contribution >= 0.6 is 0 Å². The molecular formula is C8H10FNO. The predicted octanol–water partition coefficient (Wildman–Crippen LogP) is 0.628. The first-order valence-electron chi connectivity index (χ1n) is 3.60. The summed E-state index contributed by atoms with van der Waals surface area (Å²) in [5.74, 6) is 1.34. The Labute approximate surface area is 65.2 Å². The number of hydrogen-bond acceptors (Lipinski definition) is 1. The van der Waals surface area contributed by atoms with Crippen LogP contribution < -0.4 is 5.32 Å². The van der Waals surface area contributed by atoms with E-state index in [-0.39, 0.29) is 6.54 Å². The fraction of sp³-hybridized carbons (Fsp3) is 0.625. The Morgan fingerprint density at radius 1 is 1.73 bits per heavy atom. The zero-order valence-corrected chi connectivity index (χ0v) is 6.19. The normalized spacial score (nSPS) is 19.6. The summed E-state index contributed by atoms with van der Waals surface area (Å²) in [5.41, 5.74) is -1.17. The van der Waals surface area contributed by atoms with E-state index < -0.39 is 11.6 Å². The Kier molecular flexibility index (Phi) is 2.13. The summed E-state index contributed by atoms with van der Waals surface area (Å²) in [5, 5.41) is 2.32. The number of halogens is 1. The predicted molar refractivity (Wildman–Crippen MR) is 39.5 cm³/mol. The molecule has 1 fully saturated rings. The second-order valence-electron chi connectivity index (χ2n) is 2.83. The Hall–Kier alpha value is -1.04. The van der Waals surface area contributed by atoms with Gasteiger partial charge in [-0.15, -0.1) is 6.42 Å². The van der Waals surface area contributed by atoms with Crippen LogP contribution in [0.3, 0.4) is 0 Å². The van der Waals surface area contributed by atoms with Gasteiger partial charge in [-0.25, -0.2) is 4.39 Å². The Balaban J connectivity index is 2.22. The van der Waals surface area contributed by atoms with Gasteiger partial charge in [0.1, 0.15) is 5.67 Å². The first-order chi connectivity index (χ1) is 5.16. The van der Waals surface area contributed by atoms with E-state index in [0.29, 0.717) is 12.8 Å². The monoisotopic (exact) mass is 155 g/mol. The van der Waals surface area contributed by atoms with Crippen molar-refractivity contribution in [3.8, 4) is 12.3 Å². The fourth-order valence-corrected chi connectivity index (χ4v) is 1.03. The van der Waals surface area contributed by atoms with E-state index >= 15 is 0 Å². The minimum absolute atomic E-state index is 0.0655. The molecule has 1 aliphatic carbocycles. The van der Waals surface area contributed by atoms with Gasteiger partial charge in [0.05, 0.1) is 6.54 Å². The highest BCUT2D eigenvalue weighted by Gasteiger charge is 2.36. The molecule has 1 amide bonds. The van der Waals surface area contributed by atoms with Crippen molar-refractivity contribution in [1.29, 1.82) is 0 Å². The first-order valence-corrected chi connectivity index (χ1v) is 3.60. The van der Waals surface area contributed by atoms with Crippen LogP contribution in [0.15, 0.2) is 0 Å². The van der Waals surface area contributed by atoms with E-state index in [0.717, 1.165) is 6.42 Å². The molecule has 1 rings (SSSR count). The molecule has 1 aliphatic rings. The minimum atomic E-state index is -1.17. The topological polar surface area (TPSA) is 29.1 Å². The number of amides is 1. The smallest absolute Gasteiger partial charge is 0.295 e. The summed E-state index contributed by atoms with van der Waals surface area (Å²) in [6, 6.07) is 0. The number of hydrogen-bond donors (Lipinski definition) is 1. The summed E-state index contributed by atoms with van der Waals surface area (Å²) in [6.07, 6.45) is 6.76. The number of carbonyl (C=O) groups excluding carboxylic acids is 1. The van der Waals surface area contributed by atoms with Crippen LogP contribution in [-0.4, -0.2) is 18.1 Å². The van der Waals surface area contributed by atoms with Crippen LogP contribution in [0.1, 0.15) is 19.3 Å². The van der Waals surface area contributed by atoms with Crippen molar-refractivity contribution in [3.63, 3.8) is 0 Å². The van der Waals surface area contributed by atoms with E-state index in [2.05, 4.69) is 5.32 Å². The molecule has 1 N–H and O–H groups in total. The maximum Gasteiger partial charge on any atom is 0.295 e. The number of alkyl halides is 1. The van der Waals surface area contributed by atoms with Crippen LogP contribution in [0.5, 0.6) is 0 Å². The lowest BCUT2D eigenvalue weighted by molar-refractivity contribution is -0.116. The zero-order valence-electron chi connectivity index (χ0n) is 6.19. The average molecular weight is 155 g/mol. The lowest BCUT2D eigenvalue weighted by Crippen LogP contribution is -2.44. The molecule has 0 radical (unpaired) electrons. The lowest BCUT2D eigenvalue weighted by Gasteiger charge is -2.33. The number of carbonyl (C=O) groups is 1. The van der Waals surface area contributed by atoms with Crippen molar-refractivity contribution in [2.24, 2.45) is 0 Å². The summed E-state index contributed by atoms with van der Waals surface area (Å²) in [6.45, 7) is 0.0655. The molecule has 0 saturated heterocycles. The van der Waals surface area contributed by atoms with Gasteiger partial charge in [-0.2, -0.15) is 0 Å². The van der Waals surface area contributed by atoms with Crippen LogP contribution in [0.4, 0.5) is 4.39 Å². The van der Waals surface area contributed by atoms with Crippen LogP contribution in [0.2, 0.25) is 0 Å². The van der Waals surface area contributed by atoms with E-state index in [4.69, 9.17) is 6.42 Å². The molecule has 0 aliphatic heterocycles. The minimum Gasteiger partial charge on any atom is -0.342 e. The molecule has 0 heterocycles. The molecule has 0 aromatic heterocycles. The van der Waals surface area contributed by atoms with E-state index in [9.17, 15) is 9.18 Å². The largest absolute Gasteiger partial charge is 0.342 e. The highest BCUT2D eigenvalue weighted by molar-refractivity contribution is 5.92. The molecule has 0 aromatic carbocycles. The maximum atomic E-state index is 13.1. The van der Waals surface area contributed by atoms with E-state index in [1.54, 1.807) is 0 Å². The number of rotatable bonds is 2. The fourth-order valence-electron chi connectivity index (χ4n) is 1.03. The van der Waals surface area contributed by atoms with Crippen molar-refractivity contribution >= 4 is 5.91 Å². The molecule has 1 saturated carbocycles. The van der Waals surface area contributed by atoms with Gasteiger partial charge in [-0.1, -0.05) is 0 Å². The molecule has 0 spiro atoms. The van der Waals surface area contributed by atoms with Crippen molar-refractivity contribution < 1.29 is 9.18 Å². The molecule has 3 heteroatoms. The van der Waals surface area contributed by atoms with Crippen LogP contribution in [0.25, 0.3) is 0 Å². The van der Waals surface area contributed by atoms with E-state index in [1.807, 2.05) is 5.92 Å². The average Bonchev–Trinajstić information content (AvgIpc) is 1.96. The summed E-state index contributed by atoms with van der Waals surface area (Å²) in [4.78, 5) is 10.5. The lowest BCUT2D eigenvalue weighted by atomic mass is 9.82. The Bertz CT molecular complexity index is 203. The van der Waals surface area contributed by atoms with Gasteiger partial charge in [0.25, 0.3) is 5.91 Å². The van der Waals surface area contributed by atoms with Gasteiger partial charge in [-0.3, -0.25) is 4.79 Å². The number of nitrogens with one attached hydrogen (secondary N) is 1. The summed E-state index contributed by atoms with van der Waals surface area (Å²) >= 11 is 0. The van der Waals surface area contributed by atoms with Crippen molar-refractivity contribution in [3.05, 3.63) is 0 Å². The quantitative estimate of drug-likeness (QED) is 0.582. The van der Waals surface area contributed by atoms with Crippen molar-refractivity contribution in [2.75, 3.05) is 6.54 Å². The maximum absolute atomic E-state index is 13.1. The first kappa shape index (κ1) is 8.06. The third kappa shape index (κ3) is 1.94. The van der Waals surface area contributed by atoms with Crippen LogP contribution in [0, 0.1) is 12.3 Å². The van der Waals surface area contributed by atoms with Crippen LogP contribution in [-0.2, 0) is 4.79 Å². The van der Waals surface area contributed by atoms with Gasteiger partial charge in [-0.05, 0) is 25.2 Å². The van der Waals surface area contributed by atoms with Gasteiger partial charge >= 0.3 is 0 Å². The third-order valence-corrected chi connectivity index (χ3v) is 1.95. The molecular weight excluding hydrogens is 145 g/mol. The second kappa shape index (κ2) is 2.91. The zero-order chi connectivity index (χ0) is 8.32. The molecule has 0 unspecified atom stereocenters. The van der Waals surface area contributed by atoms with Gasteiger partial charge in [0, 0.05) is 0 Å². The molecule has 0 aromatic rings. The Morgan fingerprint density at radius 3 is 2.73 bits per heavy atom. The molecule has 0 bridgehead atoms. The molecule has 11 heavy (non-hydrogen) atoms. The highest BCUT2D eigenvalue weighted by atomic mass is 19.1.